The van der Waals surface area contributed by atoms with E-state index in [1.54, 1.807) is 18.1 Å². The second kappa shape index (κ2) is 9.59. The predicted molar refractivity (Wildman–Crippen MR) is 102 cm³/mol. The Labute approximate surface area is 149 Å². The number of amides is 2. The van der Waals surface area contributed by atoms with Gasteiger partial charge >= 0.3 is 6.03 Å². The third-order valence-corrected chi connectivity index (χ3v) is 3.60. The molecule has 1 aromatic heterocycles. The number of anilines is 1. The number of pyridine rings is 1. The van der Waals surface area contributed by atoms with Gasteiger partial charge in [0.05, 0.1) is 11.8 Å². The Hall–Kier alpha value is -2.66. The summed E-state index contributed by atoms with van der Waals surface area (Å²) in [7, 11) is 1.76. The first kappa shape index (κ1) is 18.7. The van der Waals surface area contributed by atoms with E-state index >= 15 is 0 Å². The van der Waals surface area contributed by atoms with Crippen LogP contribution in [0.1, 0.15) is 25.1 Å². The van der Waals surface area contributed by atoms with Crippen LogP contribution in [0.15, 0.2) is 48.7 Å². The number of nitrogens with zero attached hydrogens (tertiary/aromatic N) is 2. The van der Waals surface area contributed by atoms with Gasteiger partial charge in [0, 0.05) is 32.1 Å². The van der Waals surface area contributed by atoms with Crippen molar-refractivity contribution in [2.75, 3.05) is 25.5 Å². The zero-order valence-corrected chi connectivity index (χ0v) is 15.0. The number of carbonyl (C=O) groups excluding carboxylic acids is 1. The minimum atomic E-state index is -0.155. The zero-order chi connectivity index (χ0) is 18.1. The lowest BCUT2D eigenvalue weighted by Gasteiger charge is -2.22. The van der Waals surface area contributed by atoms with Gasteiger partial charge < -0.3 is 15.0 Å². The fourth-order valence-electron chi connectivity index (χ4n) is 2.40. The third kappa shape index (κ3) is 6.39. The number of urea groups is 1. The fourth-order valence-corrected chi connectivity index (χ4v) is 2.40. The van der Waals surface area contributed by atoms with Crippen molar-refractivity contribution in [1.82, 2.24) is 9.88 Å². The fraction of sp³-hybridized carbons (Fsp3) is 0.300. The molecule has 0 fully saturated rings. The molecule has 0 bridgehead atoms. The van der Waals surface area contributed by atoms with Crippen LogP contribution in [0.25, 0.3) is 12.2 Å². The van der Waals surface area contributed by atoms with Gasteiger partial charge in [0.25, 0.3) is 0 Å². The molecule has 0 aliphatic heterocycles. The monoisotopic (exact) mass is 339 g/mol. The second-order valence-electron chi connectivity index (χ2n) is 5.79. The summed E-state index contributed by atoms with van der Waals surface area (Å²) in [5.74, 6) is 0. The van der Waals surface area contributed by atoms with Gasteiger partial charge in [0.1, 0.15) is 0 Å². The normalized spacial score (nSPS) is 12.1. The maximum absolute atomic E-state index is 12.3. The van der Waals surface area contributed by atoms with Crippen LogP contribution in [-0.4, -0.2) is 42.2 Å². The highest BCUT2D eigenvalue weighted by Crippen LogP contribution is 2.14. The van der Waals surface area contributed by atoms with Crippen LogP contribution < -0.4 is 5.32 Å². The summed E-state index contributed by atoms with van der Waals surface area (Å²) in [5.41, 5.74) is 2.64. The number of likely N-dealkylation sites (N-methyl/N-ethyl adjacent to an activating group) is 1. The van der Waals surface area contributed by atoms with Gasteiger partial charge in [-0.25, -0.2) is 4.79 Å². The van der Waals surface area contributed by atoms with Gasteiger partial charge in [-0.15, -0.1) is 0 Å². The Morgan fingerprint density at radius 1 is 1.28 bits per heavy atom. The number of carbonyl (C=O) groups is 1. The molecule has 0 aliphatic rings. The maximum Gasteiger partial charge on any atom is 0.321 e. The summed E-state index contributed by atoms with van der Waals surface area (Å²) in [5, 5.41) is 2.91. The summed E-state index contributed by atoms with van der Waals surface area (Å²) < 4.78 is 5.47. The van der Waals surface area contributed by atoms with Crippen LogP contribution in [-0.2, 0) is 4.74 Å². The molecule has 1 N–H and O–H groups in total. The quantitative estimate of drug-likeness (QED) is 0.825. The average Bonchev–Trinajstić information content (AvgIpc) is 2.61. The van der Waals surface area contributed by atoms with E-state index in [9.17, 15) is 4.79 Å². The van der Waals surface area contributed by atoms with Crippen LogP contribution in [0, 0.1) is 0 Å². The molecule has 5 nitrogen and oxygen atoms in total. The van der Waals surface area contributed by atoms with E-state index in [-0.39, 0.29) is 12.1 Å². The minimum Gasteiger partial charge on any atom is -0.377 e. The highest BCUT2D eigenvalue weighted by Gasteiger charge is 2.12. The Balaban J connectivity index is 1.96. The van der Waals surface area contributed by atoms with Crippen molar-refractivity contribution in [1.29, 1.82) is 0 Å². The molecule has 25 heavy (non-hydrogen) atoms. The summed E-state index contributed by atoms with van der Waals surface area (Å²) in [6.07, 6.45) is 5.68. The Kier molecular flexibility index (Phi) is 7.16. The number of rotatable bonds is 7. The maximum atomic E-state index is 12.3. The molecule has 0 saturated carbocycles. The SMILES string of the molecule is CCOC(C)CN(C)C(=O)Nc1cccc(C=Cc2ccccn2)c1. The molecule has 1 atom stereocenters. The standard InChI is InChI=1S/C20H25N3O2/c1-4-25-16(2)15-23(3)20(24)22-19-10-7-8-17(14-19)11-12-18-9-5-6-13-21-18/h5-14,16H,4,15H2,1-3H3,(H,22,24). The molecule has 1 unspecified atom stereocenters. The number of aromatic nitrogens is 1. The molecule has 0 spiro atoms. The van der Waals surface area contributed by atoms with Crippen LogP contribution >= 0.6 is 0 Å². The van der Waals surface area contributed by atoms with Crippen molar-refractivity contribution in [3.63, 3.8) is 0 Å². The molecular weight excluding hydrogens is 314 g/mol. The second-order valence-corrected chi connectivity index (χ2v) is 5.79. The first-order valence-electron chi connectivity index (χ1n) is 8.41. The molecule has 1 heterocycles. The largest absolute Gasteiger partial charge is 0.377 e. The van der Waals surface area contributed by atoms with Gasteiger partial charge in [0.2, 0.25) is 0 Å². The third-order valence-electron chi connectivity index (χ3n) is 3.60. The topological polar surface area (TPSA) is 54.5 Å². The van der Waals surface area contributed by atoms with Crippen LogP contribution in [0.2, 0.25) is 0 Å². The van der Waals surface area contributed by atoms with Crippen LogP contribution in [0.4, 0.5) is 10.5 Å². The lowest BCUT2D eigenvalue weighted by Crippen LogP contribution is -2.37. The Bertz CT molecular complexity index is 701. The highest BCUT2D eigenvalue weighted by atomic mass is 16.5. The minimum absolute atomic E-state index is 0.00777. The molecule has 5 heteroatoms. The number of ether oxygens (including phenoxy) is 1. The molecule has 2 rings (SSSR count). The van der Waals surface area contributed by atoms with Crippen molar-refractivity contribution in [3.8, 4) is 0 Å². The molecule has 2 aromatic rings. The first-order chi connectivity index (χ1) is 12.1. The van der Waals surface area contributed by atoms with Gasteiger partial charge in [-0.3, -0.25) is 4.98 Å². The van der Waals surface area contributed by atoms with Gasteiger partial charge in [-0.1, -0.05) is 24.3 Å². The summed E-state index contributed by atoms with van der Waals surface area (Å²) in [6.45, 7) is 5.08. The van der Waals surface area contributed by atoms with E-state index in [0.29, 0.717) is 13.2 Å². The van der Waals surface area contributed by atoms with Crippen molar-refractivity contribution in [2.24, 2.45) is 0 Å². The molecule has 0 radical (unpaired) electrons. The van der Waals surface area contributed by atoms with Crippen molar-refractivity contribution in [2.45, 2.75) is 20.0 Å². The van der Waals surface area contributed by atoms with E-state index in [4.69, 9.17) is 4.74 Å². The molecule has 0 aliphatic carbocycles. The highest BCUT2D eigenvalue weighted by molar-refractivity contribution is 5.89. The van der Waals surface area contributed by atoms with Crippen molar-refractivity contribution >= 4 is 23.9 Å². The summed E-state index contributed by atoms with van der Waals surface area (Å²) in [6, 6.07) is 13.3. The van der Waals surface area contributed by atoms with Crippen LogP contribution in [0.3, 0.4) is 0 Å². The van der Waals surface area contributed by atoms with E-state index in [1.165, 1.54) is 0 Å². The Morgan fingerprint density at radius 2 is 2.12 bits per heavy atom. The lowest BCUT2D eigenvalue weighted by molar-refractivity contribution is 0.0594. The van der Waals surface area contributed by atoms with Gasteiger partial charge in [-0.2, -0.15) is 0 Å². The smallest absolute Gasteiger partial charge is 0.321 e. The van der Waals surface area contributed by atoms with E-state index in [0.717, 1.165) is 16.9 Å². The molecule has 132 valence electrons. The van der Waals surface area contributed by atoms with Gasteiger partial charge in [-0.05, 0) is 49.8 Å². The summed E-state index contributed by atoms with van der Waals surface area (Å²) >= 11 is 0. The Morgan fingerprint density at radius 3 is 2.84 bits per heavy atom. The van der Waals surface area contributed by atoms with E-state index in [2.05, 4.69) is 10.3 Å². The molecule has 1 aromatic carbocycles. The van der Waals surface area contributed by atoms with Crippen LogP contribution in [0.5, 0.6) is 0 Å². The first-order valence-corrected chi connectivity index (χ1v) is 8.41. The number of hydrogen-bond donors (Lipinski definition) is 1. The van der Waals surface area contributed by atoms with Crippen molar-refractivity contribution in [3.05, 3.63) is 59.9 Å². The molecular formula is C20H25N3O2. The zero-order valence-electron chi connectivity index (χ0n) is 15.0. The average molecular weight is 339 g/mol. The number of benzene rings is 1. The number of nitrogens with one attached hydrogen (secondary N) is 1. The van der Waals surface area contributed by atoms with Gasteiger partial charge in [0.15, 0.2) is 0 Å². The predicted octanol–water partition coefficient (Wildman–Crippen LogP) is 4.14. The van der Waals surface area contributed by atoms with Crippen molar-refractivity contribution < 1.29 is 9.53 Å². The van der Waals surface area contributed by atoms with E-state index in [1.807, 2.05) is 68.5 Å². The molecule has 2 amide bonds. The van der Waals surface area contributed by atoms with E-state index < -0.39 is 0 Å². The summed E-state index contributed by atoms with van der Waals surface area (Å²) in [4.78, 5) is 18.2. The number of hydrogen-bond acceptors (Lipinski definition) is 3. The lowest BCUT2D eigenvalue weighted by atomic mass is 10.1. The molecule has 0 saturated heterocycles.